The predicted octanol–water partition coefficient (Wildman–Crippen LogP) is 1.14. The molecule has 1 aliphatic rings. The van der Waals surface area contributed by atoms with Crippen molar-refractivity contribution in [3.63, 3.8) is 0 Å². The standard InChI is InChI=1S/C18H17FN4O4/c19-12-3-1-10(2-4-12)9-22-16(24)14-15(21-6-5-20-14)17(25)23-13-7-11(8-13)18(26)27/h1-6,11,13H,7-9H2,(H,22,24)(H,23,25)(H,26,27). The highest BCUT2D eigenvalue weighted by molar-refractivity contribution is 6.04. The van der Waals surface area contributed by atoms with Crippen molar-refractivity contribution in [1.82, 2.24) is 20.6 Å². The number of carbonyl (C=O) groups is 3. The smallest absolute Gasteiger partial charge is 0.306 e. The molecule has 3 rings (SSSR count). The Labute approximate surface area is 153 Å². The van der Waals surface area contributed by atoms with E-state index < -0.39 is 23.7 Å². The molecular formula is C18H17FN4O4. The summed E-state index contributed by atoms with van der Waals surface area (Å²) in [4.78, 5) is 43.4. The molecule has 0 radical (unpaired) electrons. The van der Waals surface area contributed by atoms with Gasteiger partial charge in [0.05, 0.1) is 5.92 Å². The van der Waals surface area contributed by atoms with E-state index in [2.05, 4.69) is 20.6 Å². The Balaban J connectivity index is 1.62. The second-order valence-electron chi connectivity index (χ2n) is 6.24. The summed E-state index contributed by atoms with van der Waals surface area (Å²) in [6.45, 7) is 0.139. The first-order chi connectivity index (χ1) is 12.9. The SMILES string of the molecule is O=C(NCc1ccc(F)cc1)c1nccnc1C(=O)NC1CC(C(=O)O)C1. The van der Waals surface area contributed by atoms with Crippen molar-refractivity contribution in [2.24, 2.45) is 5.92 Å². The zero-order valence-corrected chi connectivity index (χ0v) is 14.2. The van der Waals surface area contributed by atoms with E-state index in [9.17, 15) is 18.8 Å². The number of carboxylic acid groups (broad SMARTS) is 1. The topological polar surface area (TPSA) is 121 Å². The fourth-order valence-electron chi connectivity index (χ4n) is 2.73. The van der Waals surface area contributed by atoms with Crippen molar-refractivity contribution < 1.29 is 23.9 Å². The van der Waals surface area contributed by atoms with Crippen LogP contribution >= 0.6 is 0 Å². The molecule has 1 aromatic carbocycles. The fraction of sp³-hybridized carbons (Fsp3) is 0.278. The Hall–Kier alpha value is -3.36. The van der Waals surface area contributed by atoms with Gasteiger partial charge in [-0.2, -0.15) is 0 Å². The first-order valence-corrected chi connectivity index (χ1v) is 8.31. The van der Waals surface area contributed by atoms with Crippen LogP contribution in [0, 0.1) is 11.7 Å². The summed E-state index contributed by atoms with van der Waals surface area (Å²) in [6.07, 6.45) is 3.28. The van der Waals surface area contributed by atoms with E-state index in [1.54, 1.807) is 0 Å². The van der Waals surface area contributed by atoms with Crippen LogP contribution in [0.3, 0.4) is 0 Å². The van der Waals surface area contributed by atoms with E-state index in [0.29, 0.717) is 18.4 Å². The Bertz CT molecular complexity index is 866. The minimum absolute atomic E-state index is 0.132. The number of nitrogens with one attached hydrogen (secondary N) is 2. The van der Waals surface area contributed by atoms with Gasteiger partial charge in [0.25, 0.3) is 11.8 Å². The number of rotatable bonds is 6. The summed E-state index contributed by atoms with van der Waals surface area (Å²) in [7, 11) is 0. The second-order valence-corrected chi connectivity index (χ2v) is 6.24. The molecule has 2 aromatic rings. The second kappa shape index (κ2) is 7.90. The quantitative estimate of drug-likeness (QED) is 0.699. The molecule has 9 heteroatoms. The molecule has 1 saturated carbocycles. The molecule has 3 N–H and O–H groups in total. The van der Waals surface area contributed by atoms with Gasteiger partial charge in [0, 0.05) is 25.0 Å². The Morgan fingerprint density at radius 2 is 1.63 bits per heavy atom. The van der Waals surface area contributed by atoms with Crippen molar-refractivity contribution in [1.29, 1.82) is 0 Å². The number of hydrogen-bond donors (Lipinski definition) is 3. The van der Waals surface area contributed by atoms with E-state index in [4.69, 9.17) is 5.11 Å². The van der Waals surface area contributed by atoms with Crippen LogP contribution in [0.1, 0.15) is 39.4 Å². The molecular weight excluding hydrogens is 355 g/mol. The normalized spacial score (nSPS) is 18.3. The lowest BCUT2D eigenvalue weighted by atomic mass is 9.80. The number of aliphatic carboxylic acids is 1. The van der Waals surface area contributed by atoms with Gasteiger partial charge in [0.2, 0.25) is 0 Å². The molecule has 140 valence electrons. The van der Waals surface area contributed by atoms with E-state index in [1.165, 1.54) is 36.7 Å². The third-order valence-electron chi connectivity index (χ3n) is 4.32. The summed E-state index contributed by atoms with van der Waals surface area (Å²) in [6, 6.07) is 5.37. The molecule has 1 aromatic heterocycles. The number of hydrogen-bond acceptors (Lipinski definition) is 5. The third kappa shape index (κ3) is 4.43. The van der Waals surface area contributed by atoms with Gasteiger partial charge in [-0.25, -0.2) is 14.4 Å². The van der Waals surface area contributed by atoms with Crippen molar-refractivity contribution in [3.05, 3.63) is 59.4 Å². The van der Waals surface area contributed by atoms with Gasteiger partial charge >= 0.3 is 5.97 Å². The molecule has 1 heterocycles. The molecule has 8 nitrogen and oxygen atoms in total. The lowest BCUT2D eigenvalue weighted by molar-refractivity contribution is -0.145. The average molecular weight is 372 g/mol. The zero-order chi connectivity index (χ0) is 19.4. The minimum Gasteiger partial charge on any atom is -0.481 e. The van der Waals surface area contributed by atoms with Gasteiger partial charge < -0.3 is 15.7 Å². The van der Waals surface area contributed by atoms with Crippen molar-refractivity contribution in [2.75, 3.05) is 0 Å². The van der Waals surface area contributed by atoms with E-state index >= 15 is 0 Å². The van der Waals surface area contributed by atoms with Crippen molar-refractivity contribution >= 4 is 17.8 Å². The molecule has 0 atom stereocenters. The number of benzene rings is 1. The Morgan fingerprint density at radius 1 is 1.04 bits per heavy atom. The van der Waals surface area contributed by atoms with Gasteiger partial charge in [-0.1, -0.05) is 12.1 Å². The highest BCUT2D eigenvalue weighted by Gasteiger charge is 2.36. The molecule has 0 unspecified atom stereocenters. The Kier molecular flexibility index (Phi) is 5.39. The molecule has 0 saturated heterocycles. The van der Waals surface area contributed by atoms with Gasteiger partial charge in [-0.3, -0.25) is 14.4 Å². The largest absolute Gasteiger partial charge is 0.481 e. The van der Waals surface area contributed by atoms with Crippen LogP contribution in [-0.2, 0) is 11.3 Å². The van der Waals surface area contributed by atoms with Crippen LogP contribution < -0.4 is 10.6 Å². The van der Waals surface area contributed by atoms with Gasteiger partial charge in [-0.15, -0.1) is 0 Å². The number of amides is 2. The van der Waals surface area contributed by atoms with Crippen LogP contribution in [0.25, 0.3) is 0 Å². The maximum absolute atomic E-state index is 12.9. The highest BCUT2D eigenvalue weighted by Crippen LogP contribution is 2.27. The molecule has 2 amide bonds. The van der Waals surface area contributed by atoms with Crippen LogP contribution in [0.15, 0.2) is 36.7 Å². The van der Waals surface area contributed by atoms with E-state index in [-0.39, 0.29) is 29.8 Å². The van der Waals surface area contributed by atoms with Crippen molar-refractivity contribution in [3.8, 4) is 0 Å². The highest BCUT2D eigenvalue weighted by atomic mass is 19.1. The van der Waals surface area contributed by atoms with E-state index in [0.717, 1.165) is 0 Å². The minimum atomic E-state index is -0.888. The number of carboxylic acids is 1. The monoisotopic (exact) mass is 372 g/mol. The first-order valence-electron chi connectivity index (χ1n) is 8.31. The predicted molar refractivity (Wildman–Crippen MR) is 91.2 cm³/mol. The lowest BCUT2D eigenvalue weighted by Crippen LogP contribution is -2.47. The number of nitrogens with zero attached hydrogens (tertiary/aromatic N) is 2. The average Bonchev–Trinajstić information content (AvgIpc) is 2.63. The summed E-state index contributed by atoms with van der Waals surface area (Å²) in [5.41, 5.74) is 0.424. The van der Waals surface area contributed by atoms with Crippen LogP contribution in [-0.4, -0.2) is 38.9 Å². The van der Waals surface area contributed by atoms with Crippen LogP contribution in [0.2, 0.25) is 0 Å². The molecule has 0 aliphatic heterocycles. The number of halogens is 1. The molecule has 0 bridgehead atoms. The maximum Gasteiger partial charge on any atom is 0.306 e. The van der Waals surface area contributed by atoms with Crippen LogP contribution in [0.5, 0.6) is 0 Å². The maximum atomic E-state index is 12.9. The summed E-state index contributed by atoms with van der Waals surface area (Å²) in [5, 5.41) is 14.2. The van der Waals surface area contributed by atoms with Crippen LogP contribution in [0.4, 0.5) is 4.39 Å². The fourth-order valence-corrected chi connectivity index (χ4v) is 2.73. The molecule has 0 spiro atoms. The molecule has 1 aliphatic carbocycles. The summed E-state index contributed by atoms with van der Waals surface area (Å²) >= 11 is 0. The number of carbonyl (C=O) groups excluding carboxylic acids is 2. The van der Waals surface area contributed by atoms with Gasteiger partial charge in [0.1, 0.15) is 5.82 Å². The number of aromatic nitrogens is 2. The summed E-state index contributed by atoms with van der Waals surface area (Å²) in [5.74, 6) is -2.89. The first kappa shape index (κ1) is 18.4. The third-order valence-corrected chi connectivity index (χ3v) is 4.32. The van der Waals surface area contributed by atoms with Gasteiger partial charge in [0.15, 0.2) is 11.4 Å². The van der Waals surface area contributed by atoms with Gasteiger partial charge in [-0.05, 0) is 30.5 Å². The lowest BCUT2D eigenvalue weighted by Gasteiger charge is -2.32. The van der Waals surface area contributed by atoms with Crippen molar-refractivity contribution in [2.45, 2.75) is 25.4 Å². The molecule has 1 fully saturated rings. The summed E-state index contributed by atoms with van der Waals surface area (Å²) < 4.78 is 12.9. The Morgan fingerprint density at radius 3 is 2.22 bits per heavy atom. The zero-order valence-electron chi connectivity index (χ0n) is 14.2. The van der Waals surface area contributed by atoms with E-state index in [1.807, 2.05) is 0 Å². The molecule has 27 heavy (non-hydrogen) atoms.